The molecule has 1 aliphatic carbocycles. The standard InChI is InChI=1S/C12H21NO2/c14-12(13-10-5-1-2-6-10)9-11-7-3-4-8-15-11/h10-11H,1-9H2,(H,13,14). The van der Waals surface area contributed by atoms with Crippen molar-refractivity contribution in [3.05, 3.63) is 0 Å². The number of carbonyl (C=O) groups excluding carboxylic acids is 1. The Bertz CT molecular complexity index is 206. The molecule has 1 saturated heterocycles. The maximum atomic E-state index is 11.7. The first-order valence-corrected chi connectivity index (χ1v) is 6.25. The minimum Gasteiger partial charge on any atom is -0.378 e. The molecule has 86 valence electrons. The average molecular weight is 211 g/mol. The maximum Gasteiger partial charge on any atom is 0.222 e. The fourth-order valence-corrected chi connectivity index (χ4v) is 2.53. The Balaban J connectivity index is 1.66. The van der Waals surface area contributed by atoms with Crippen LogP contribution in [0.4, 0.5) is 0 Å². The summed E-state index contributed by atoms with van der Waals surface area (Å²) in [6.07, 6.45) is 9.03. The molecule has 1 aliphatic heterocycles. The van der Waals surface area contributed by atoms with E-state index < -0.39 is 0 Å². The normalized spacial score (nSPS) is 27.9. The van der Waals surface area contributed by atoms with Gasteiger partial charge in [0.1, 0.15) is 0 Å². The summed E-state index contributed by atoms with van der Waals surface area (Å²) in [4.78, 5) is 11.7. The Morgan fingerprint density at radius 1 is 1.13 bits per heavy atom. The van der Waals surface area contributed by atoms with Crippen LogP contribution in [-0.4, -0.2) is 24.7 Å². The molecule has 0 aromatic heterocycles. The van der Waals surface area contributed by atoms with Crippen LogP contribution in [0.2, 0.25) is 0 Å². The van der Waals surface area contributed by atoms with Crippen molar-refractivity contribution in [2.24, 2.45) is 0 Å². The van der Waals surface area contributed by atoms with E-state index in [0.717, 1.165) is 32.3 Å². The Kier molecular flexibility index (Phi) is 4.01. The van der Waals surface area contributed by atoms with Gasteiger partial charge < -0.3 is 10.1 Å². The van der Waals surface area contributed by atoms with Gasteiger partial charge in [0.05, 0.1) is 12.5 Å². The third-order valence-corrected chi connectivity index (χ3v) is 3.41. The van der Waals surface area contributed by atoms with Crippen LogP contribution in [0.25, 0.3) is 0 Å². The lowest BCUT2D eigenvalue weighted by Crippen LogP contribution is -2.36. The molecule has 0 radical (unpaired) electrons. The smallest absolute Gasteiger partial charge is 0.222 e. The van der Waals surface area contributed by atoms with Crippen LogP contribution in [0.15, 0.2) is 0 Å². The van der Waals surface area contributed by atoms with Crippen molar-refractivity contribution in [3.63, 3.8) is 0 Å². The molecule has 1 heterocycles. The number of rotatable bonds is 3. The quantitative estimate of drug-likeness (QED) is 0.775. The molecule has 0 spiro atoms. The number of amides is 1. The van der Waals surface area contributed by atoms with Gasteiger partial charge in [-0.05, 0) is 32.1 Å². The molecule has 2 aliphatic rings. The van der Waals surface area contributed by atoms with Gasteiger partial charge >= 0.3 is 0 Å². The summed E-state index contributed by atoms with van der Waals surface area (Å²) in [7, 11) is 0. The van der Waals surface area contributed by atoms with Crippen molar-refractivity contribution in [2.75, 3.05) is 6.61 Å². The van der Waals surface area contributed by atoms with Crippen molar-refractivity contribution >= 4 is 5.91 Å². The van der Waals surface area contributed by atoms with Crippen molar-refractivity contribution in [1.82, 2.24) is 5.32 Å². The van der Waals surface area contributed by atoms with Crippen LogP contribution in [0, 0.1) is 0 Å². The molecule has 2 rings (SSSR count). The van der Waals surface area contributed by atoms with Gasteiger partial charge in [-0.25, -0.2) is 0 Å². The largest absolute Gasteiger partial charge is 0.378 e. The fourth-order valence-electron chi connectivity index (χ4n) is 2.53. The first-order chi connectivity index (χ1) is 7.34. The highest BCUT2D eigenvalue weighted by Gasteiger charge is 2.21. The number of nitrogens with one attached hydrogen (secondary N) is 1. The van der Waals surface area contributed by atoms with E-state index in [1.165, 1.54) is 19.3 Å². The maximum absolute atomic E-state index is 11.7. The topological polar surface area (TPSA) is 38.3 Å². The lowest BCUT2D eigenvalue weighted by Gasteiger charge is -2.22. The molecule has 1 amide bonds. The summed E-state index contributed by atoms with van der Waals surface area (Å²) < 4.78 is 5.55. The van der Waals surface area contributed by atoms with Gasteiger partial charge in [0.15, 0.2) is 0 Å². The van der Waals surface area contributed by atoms with Gasteiger partial charge in [0.25, 0.3) is 0 Å². The van der Waals surface area contributed by atoms with Gasteiger partial charge in [-0.15, -0.1) is 0 Å². The Morgan fingerprint density at radius 2 is 1.87 bits per heavy atom. The van der Waals surface area contributed by atoms with E-state index in [9.17, 15) is 4.79 Å². The number of ether oxygens (including phenoxy) is 1. The minimum absolute atomic E-state index is 0.181. The van der Waals surface area contributed by atoms with E-state index in [2.05, 4.69) is 5.32 Å². The van der Waals surface area contributed by atoms with E-state index in [1.54, 1.807) is 0 Å². The molecule has 0 bridgehead atoms. The molecule has 1 unspecified atom stereocenters. The second-order valence-corrected chi connectivity index (χ2v) is 4.74. The van der Waals surface area contributed by atoms with Crippen molar-refractivity contribution in [1.29, 1.82) is 0 Å². The summed E-state index contributed by atoms with van der Waals surface area (Å²) >= 11 is 0. The number of carbonyl (C=O) groups is 1. The molecule has 3 heteroatoms. The molecule has 1 atom stereocenters. The van der Waals surface area contributed by atoms with Crippen molar-refractivity contribution in [2.45, 2.75) is 63.5 Å². The molecule has 0 aromatic carbocycles. The first kappa shape index (κ1) is 10.9. The Morgan fingerprint density at radius 3 is 2.53 bits per heavy atom. The second kappa shape index (κ2) is 5.50. The van der Waals surface area contributed by atoms with Gasteiger partial charge in [-0.2, -0.15) is 0 Å². The Hall–Kier alpha value is -0.570. The molecule has 3 nitrogen and oxygen atoms in total. The monoisotopic (exact) mass is 211 g/mol. The van der Waals surface area contributed by atoms with Gasteiger partial charge in [0, 0.05) is 12.6 Å². The summed E-state index contributed by atoms with van der Waals surface area (Å²) in [6.45, 7) is 0.835. The van der Waals surface area contributed by atoms with E-state index in [0.29, 0.717) is 12.5 Å². The van der Waals surface area contributed by atoms with Gasteiger partial charge in [-0.3, -0.25) is 4.79 Å². The predicted molar refractivity (Wildman–Crippen MR) is 58.6 cm³/mol. The number of hydrogen-bond acceptors (Lipinski definition) is 2. The predicted octanol–water partition coefficient (Wildman–Crippen LogP) is 2.00. The van der Waals surface area contributed by atoms with Crippen LogP contribution >= 0.6 is 0 Å². The Labute approximate surface area is 91.6 Å². The highest BCUT2D eigenvalue weighted by Crippen LogP contribution is 2.19. The van der Waals surface area contributed by atoms with Crippen molar-refractivity contribution < 1.29 is 9.53 Å². The zero-order chi connectivity index (χ0) is 10.5. The summed E-state index contributed by atoms with van der Waals surface area (Å²) in [5, 5.41) is 3.11. The molecular formula is C12H21NO2. The third-order valence-electron chi connectivity index (χ3n) is 3.41. The van der Waals surface area contributed by atoms with Crippen LogP contribution < -0.4 is 5.32 Å². The summed E-state index contributed by atoms with van der Waals surface area (Å²) in [5.74, 6) is 0.189. The van der Waals surface area contributed by atoms with Crippen LogP contribution in [-0.2, 0) is 9.53 Å². The van der Waals surface area contributed by atoms with E-state index in [4.69, 9.17) is 4.74 Å². The van der Waals surface area contributed by atoms with Crippen LogP contribution in [0.3, 0.4) is 0 Å². The second-order valence-electron chi connectivity index (χ2n) is 4.74. The fraction of sp³-hybridized carbons (Fsp3) is 0.917. The molecule has 1 saturated carbocycles. The van der Waals surface area contributed by atoms with E-state index in [1.807, 2.05) is 0 Å². The van der Waals surface area contributed by atoms with Gasteiger partial charge in [0.2, 0.25) is 5.91 Å². The van der Waals surface area contributed by atoms with Crippen LogP contribution in [0.1, 0.15) is 51.4 Å². The zero-order valence-electron chi connectivity index (χ0n) is 9.34. The molecule has 15 heavy (non-hydrogen) atoms. The van der Waals surface area contributed by atoms with Crippen molar-refractivity contribution in [3.8, 4) is 0 Å². The van der Waals surface area contributed by atoms with Gasteiger partial charge in [-0.1, -0.05) is 12.8 Å². The minimum atomic E-state index is 0.181. The lowest BCUT2D eigenvalue weighted by molar-refractivity contribution is -0.125. The number of hydrogen-bond donors (Lipinski definition) is 1. The molecule has 1 N–H and O–H groups in total. The van der Waals surface area contributed by atoms with E-state index >= 15 is 0 Å². The SMILES string of the molecule is O=C(CC1CCCCO1)NC1CCCC1. The summed E-state index contributed by atoms with van der Waals surface area (Å²) in [6, 6.07) is 0.445. The third kappa shape index (κ3) is 3.49. The highest BCUT2D eigenvalue weighted by molar-refractivity contribution is 5.76. The zero-order valence-corrected chi connectivity index (χ0v) is 9.34. The highest BCUT2D eigenvalue weighted by atomic mass is 16.5. The summed E-state index contributed by atoms with van der Waals surface area (Å²) in [5.41, 5.74) is 0. The van der Waals surface area contributed by atoms with E-state index in [-0.39, 0.29) is 12.0 Å². The molecule has 0 aromatic rings. The molecule has 2 fully saturated rings. The van der Waals surface area contributed by atoms with Crippen LogP contribution in [0.5, 0.6) is 0 Å². The lowest BCUT2D eigenvalue weighted by atomic mass is 10.1. The molecular weight excluding hydrogens is 190 g/mol. The average Bonchev–Trinajstić information content (AvgIpc) is 2.71. The first-order valence-electron chi connectivity index (χ1n) is 6.25.